The van der Waals surface area contributed by atoms with E-state index < -0.39 is 0 Å². The molecule has 0 aliphatic heterocycles. The van der Waals surface area contributed by atoms with Crippen LogP contribution in [0.1, 0.15) is 26.2 Å². The molecule has 1 unspecified atom stereocenters. The van der Waals surface area contributed by atoms with Gasteiger partial charge in [-0.05, 0) is 18.8 Å². The van der Waals surface area contributed by atoms with Crippen molar-refractivity contribution in [2.75, 3.05) is 13.2 Å². The Morgan fingerprint density at radius 1 is 1.22 bits per heavy atom. The summed E-state index contributed by atoms with van der Waals surface area (Å²) in [7, 11) is 0. The topological polar surface area (TPSA) is 40.5 Å². The lowest BCUT2D eigenvalue weighted by Crippen LogP contribution is -2.07. The minimum atomic E-state index is 0.200. The van der Waals surface area contributed by atoms with E-state index in [9.17, 15) is 0 Å². The van der Waals surface area contributed by atoms with Crippen molar-refractivity contribution in [1.29, 1.82) is 0 Å². The highest BCUT2D eigenvalue weighted by Crippen LogP contribution is 2.08. The summed E-state index contributed by atoms with van der Waals surface area (Å²) in [6.45, 7) is 2.50. The second-order valence-electron chi connectivity index (χ2n) is 2.35. The summed E-state index contributed by atoms with van der Waals surface area (Å²) in [5, 5.41) is 17.2. The van der Waals surface area contributed by atoms with Crippen molar-refractivity contribution in [3.05, 3.63) is 0 Å². The van der Waals surface area contributed by atoms with Crippen LogP contribution in [0.25, 0.3) is 0 Å². The van der Waals surface area contributed by atoms with E-state index in [0.717, 1.165) is 19.3 Å². The van der Waals surface area contributed by atoms with Gasteiger partial charge in [-0.15, -0.1) is 0 Å². The molecule has 0 aliphatic rings. The molecule has 0 aromatic heterocycles. The Hall–Kier alpha value is -0.0800. The van der Waals surface area contributed by atoms with E-state index in [-0.39, 0.29) is 13.2 Å². The molecule has 0 amide bonds. The molecule has 2 heteroatoms. The smallest absolute Gasteiger partial charge is 0.0460 e. The third kappa shape index (κ3) is 4.43. The fourth-order valence-electron chi connectivity index (χ4n) is 0.918. The first kappa shape index (κ1) is 8.92. The van der Waals surface area contributed by atoms with Crippen LogP contribution in [0.4, 0.5) is 0 Å². The van der Waals surface area contributed by atoms with Crippen LogP contribution < -0.4 is 0 Å². The average Bonchev–Trinajstić information content (AvgIpc) is 1.88. The maximum absolute atomic E-state index is 8.68. The molecule has 2 nitrogen and oxygen atoms in total. The van der Waals surface area contributed by atoms with Crippen LogP contribution >= 0.6 is 0 Å². The molecule has 0 saturated heterocycles. The fraction of sp³-hybridized carbons (Fsp3) is 1.00. The zero-order valence-electron chi connectivity index (χ0n) is 6.01. The van der Waals surface area contributed by atoms with Crippen molar-refractivity contribution in [3.63, 3.8) is 0 Å². The molecule has 1 atom stereocenters. The Morgan fingerprint density at radius 2 is 1.89 bits per heavy atom. The fourth-order valence-corrected chi connectivity index (χ4v) is 0.918. The molecule has 0 heterocycles. The molecule has 0 aromatic rings. The van der Waals surface area contributed by atoms with Crippen molar-refractivity contribution in [1.82, 2.24) is 0 Å². The third-order valence-corrected chi connectivity index (χ3v) is 1.49. The number of aliphatic hydroxyl groups is 2. The summed E-state index contributed by atoms with van der Waals surface area (Å²) in [4.78, 5) is 0. The van der Waals surface area contributed by atoms with Gasteiger partial charge in [0.25, 0.3) is 0 Å². The van der Waals surface area contributed by atoms with Gasteiger partial charge in [-0.2, -0.15) is 0 Å². The van der Waals surface area contributed by atoms with E-state index >= 15 is 0 Å². The molecule has 0 aliphatic carbocycles. The maximum atomic E-state index is 8.68. The highest BCUT2D eigenvalue weighted by molar-refractivity contribution is 4.54. The summed E-state index contributed by atoms with van der Waals surface area (Å²) in [5.41, 5.74) is 0. The molecule has 0 saturated carbocycles. The molecule has 0 radical (unpaired) electrons. The lowest BCUT2D eigenvalue weighted by molar-refractivity contribution is 0.176. The highest BCUT2D eigenvalue weighted by atomic mass is 16.3. The van der Waals surface area contributed by atoms with Gasteiger partial charge in [-0.1, -0.05) is 13.3 Å². The van der Waals surface area contributed by atoms with Gasteiger partial charge < -0.3 is 10.2 Å². The van der Waals surface area contributed by atoms with E-state index in [1.165, 1.54) is 0 Å². The van der Waals surface area contributed by atoms with Crippen LogP contribution in [0, 0.1) is 5.92 Å². The van der Waals surface area contributed by atoms with Crippen LogP contribution in [0.3, 0.4) is 0 Å². The largest absolute Gasteiger partial charge is 0.396 e. The number of hydrogen-bond donors (Lipinski definition) is 2. The second-order valence-corrected chi connectivity index (χ2v) is 2.35. The third-order valence-electron chi connectivity index (χ3n) is 1.49. The molecule has 9 heavy (non-hydrogen) atoms. The van der Waals surface area contributed by atoms with Crippen molar-refractivity contribution in [2.45, 2.75) is 26.2 Å². The Morgan fingerprint density at radius 3 is 2.22 bits per heavy atom. The van der Waals surface area contributed by atoms with Gasteiger partial charge in [0.15, 0.2) is 0 Å². The molecular formula is C7H16O2. The predicted octanol–water partition coefficient (Wildman–Crippen LogP) is 0.777. The molecule has 0 aromatic carbocycles. The first-order valence-corrected chi connectivity index (χ1v) is 3.56. The number of rotatable bonds is 5. The summed E-state index contributed by atoms with van der Waals surface area (Å²) in [5.74, 6) is 0.319. The minimum Gasteiger partial charge on any atom is -0.396 e. The zero-order chi connectivity index (χ0) is 7.11. The van der Waals surface area contributed by atoms with Gasteiger partial charge in [0.05, 0.1) is 0 Å². The van der Waals surface area contributed by atoms with Crippen LogP contribution in [0.2, 0.25) is 0 Å². The Kier molecular flexibility index (Phi) is 5.99. The second kappa shape index (κ2) is 6.05. The maximum Gasteiger partial charge on any atom is 0.0460 e. The number of aliphatic hydroxyl groups excluding tert-OH is 2. The van der Waals surface area contributed by atoms with Crippen molar-refractivity contribution in [2.24, 2.45) is 5.92 Å². The lowest BCUT2D eigenvalue weighted by atomic mass is 10.0. The molecule has 2 N–H and O–H groups in total. The summed E-state index contributed by atoms with van der Waals surface area (Å²) in [6, 6.07) is 0. The van der Waals surface area contributed by atoms with Crippen LogP contribution in [0.15, 0.2) is 0 Å². The van der Waals surface area contributed by atoms with Gasteiger partial charge in [-0.3, -0.25) is 0 Å². The van der Waals surface area contributed by atoms with Crippen LogP contribution in [-0.2, 0) is 0 Å². The predicted molar refractivity (Wildman–Crippen MR) is 37.2 cm³/mol. The van der Waals surface area contributed by atoms with Crippen molar-refractivity contribution >= 4 is 0 Å². The van der Waals surface area contributed by atoms with E-state index in [1.807, 2.05) is 0 Å². The summed E-state index contributed by atoms with van der Waals surface area (Å²) < 4.78 is 0. The summed E-state index contributed by atoms with van der Waals surface area (Å²) >= 11 is 0. The standard InChI is InChI=1S/C7H16O2/c1-2-3-7(6-9)4-5-8/h7-9H,2-6H2,1H3. The van der Waals surface area contributed by atoms with Crippen molar-refractivity contribution < 1.29 is 10.2 Å². The molecule has 0 bridgehead atoms. The van der Waals surface area contributed by atoms with Gasteiger partial charge >= 0.3 is 0 Å². The quantitative estimate of drug-likeness (QED) is 0.580. The normalized spacial score (nSPS) is 13.7. The molecule has 0 fully saturated rings. The zero-order valence-corrected chi connectivity index (χ0v) is 6.01. The Bertz CT molecular complexity index is 48.9. The van der Waals surface area contributed by atoms with E-state index in [1.54, 1.807) is 0 Å². The SMILES string of the molecule is CCCC(CO)CCO. The van der Waals surface area contributed by atoms with Gasteiger partial charge in [0.2, 0.25) is 0 Å². The van der Waals surface area contributed by atoms with Crippen LogP contribution in [0.5, 0.6) is 0 Å². The van der Waals surface area contributed by atoms with E-state index in [4.69, 9.17) is 10.2 Å². The van der Waals surface area contributed by atoms with Gasteiger partial charge in [0, 0.05) is 13.2 Å². The molecule has 0 rings (SSSR count). The van der Waals surface area contributed by atoms with E-state index in [0.29, 0.717) is 5.92 Å². The molecule has 56 valence electrons. The Labute approximate surface area is 56.5 Å². The van der Waals surface area contributed by atoms with Gasteiger partial charge in [-0.25, -0.2) is 0 Å². The molecular weight excluding hydrogens is 116 g/mol. The average molecular weight is 132 g/mol. The summed E-state index contributed by atoms with van der Waals surface area (Å²) in [6.07, 6.45) is 2.85. The van der Waals surface area contributed by atoms with Crippen molar-refractivity contribution in [3.8, 4) is 0 Å². The lowest BCUT2D eigenvalue weighted by Gasteiger charge is -2.09. The monoisotopic (exact) mass is 132 g/mol. The number of hydrogen-bond acceptors (Lipinski definition) is 2. The Balaban J connectivity index is 3.18. The molecule has 0 spiro atoms. The minimum absolute atomic E-state index is 0.200. The van der Waals surface area contributed by atoms with E-state index in [2.05, 4.69) is 6.92 Å². The van der Waals surface area contributed by atoms with Gasteiger partial charge in [0.1, 0.15) is 0 Å². The first-order valence-electron chi connectivity index (χ1n) is 3.56. The highest BCUT2D eigenvalue weighted by Gasteiger charge is 2.03. The first-order chi connectivity index (χ1) is 4.35. The van der Waals surface area contributed by atoms with Crippen LogP contribution in [-0.4, -0.2) is 23.4 Å².